The van der Waals surface area contributed by atoms with Gasteiger partial charge in [-0.2, -0.15) is 0 Å². The van der Waals surface area contributed by atoms with Gasteiger partial charge in [0, 0.05) is 17.3 Å². The molecule has 0 unspecified atom stereocenters. The highest BCUT2D eigenvalue weighted by Crippen LogP contribution is 2.35. The van der Waals surface area contributed by atoms with Crippen LogP contribution in [-0.4, -0.2) is 37.1 Å². The standard InChI is InChI=1S/C24H27ClN2O/c1-18-9-4-5-10-20(18)21-11-8-14-26-24(21)19-12-13-22(25)23(17-19)28-16-7-6-15-27(2)3/h4-5,8-14,17H,6-7,15-16H2,1-3H3. The zero-order chi connectivity index (χ0) is 19.9. The van der Waals surface area contributed by atoms with E-state index in [1.54, 1.807) is 0 Å². The van der Waals surface area contributed by atoms with Gasteiger partial charge in [-0.3, -0.25) is 4.98 Å². The lowest BCUT2D eigenvalue weighted by atomic mass is 9.96. The largest absolute Gasteiger partial charge is 0.492 e. The van der Waals surface area contributed by atoms with E-state index in [4.69, 9.17) is 16.3 Å². The first kappa shape index (κ1) is 20.4. The summed E-state index contributed by atoms with van der Waals surface area (Å²) < 4.78 is 5.97. The number of hydrogen-bond donors (Lipinski definition) is 0. The summed E-state index contributed by atoms with van der Waals surface area (Å²) in [6.07, 6.45) is 3.92. The van der Waals surface area contributed by atoms with Crippen LogP contribution in [0.15, 0.2) is 60.8 Å². The third-order valence-electron chi connectivity index (χ3n) is 4.70. The average Bonchev–Trinajstić information content (AvgIpc) is 2.69. The highest BCUT2D eigenvalue weighted by atomic mass is 35.5. The lowest BCUT2D eigenvalue weighted by Gasteiger charge is -2.14. The zero-order valence-electron chi connectivity index (χ0n) is 16.8. The van der Waals surface area contributed by atoms with Gasteiger partial charge in [-0.05, 0) is 69.7 Å². The molecule has 0 aliphatic carbocycles. The van der Waals surface area contributed by atoms with E-state index in [9.17, 15) is 0 Å². The topological polar surface area (TPSA) is 25.4 Å². The first-order valence-corrected chi connectivity index (χ1v) is 10.0. The van der Waals surface area contributed by atoms with Crippen LogP contribution in [0.1, 0.15) is 18.4 Å². The van der Waals surface area contributed by atoms with E-state index in [2.05, 4.69) is 61.2 Å². The molecule has 3 aromatic rings. The average molecular weight is 395 g/mol. The fourth-order valence-corrected chi connectivity index (χ4v) is 3.37. The minimum absolute atomic E-state index is 0.629. The molecular weight excluding hydrogens is 368 g/mol. The van der Waals surface area contributed by atoms with Crippen molar-refractivity contribution in [1.29, 1.82) is 0 Å². The number of ether oxygens (including phenoxy) is 1. The van der Waals surface area contributed by atoms with Gasteiger partial charge in [-0.1, -0.05) is 48.0 Å². The third kappa shape index (κ3) is 5.12. The highest BCUT2D eigenvalue weighted by molar-refractivity contribution is 6.32. The highest BCUT2D eigenvalue weighted by Gasteiger charge is 2.12. The van der Waals surface area contributed by atoms with E-state index in [0.717, 1.165) is 36.2 Å². The molecule has 0 atom stereocenters. The summed E-state index contributed by atoms with van der Waals surface area (Å²) in [6.45, 7) is 3.84. The Hall–Kier alpha value is -2.36. The Balaban J connectivity index is 1.84. The Morgan fingerprint density at radius 2 is 1.75 bits per heavy atom. The lowest BCUT2D eigenvalue weighted by Crippen LogP contribution is -2.13. The normalized spacial score (nSPS) is 11.0. The van der Waals surface area contributed by atoms with Gasteiger partial charge in [0.1, 0.15) is 5.75 Å². The van der Waals surface area contributed by atoms with E-state index in [0.29, 0.717) is 17.4 Å². The molecule has 0 aliphatic heterocycles. The Kier molecular flexibility index (Phi) is 7.07. The van der Waals surface area contributed by atoms with Crippen LogP contribution in [0.25, 0.3) is 22.4 Å². The Morgan fingerprint density at radius 1 is 0.964 bits per heavy atom. The van der Waals surface area contributed by atoms with Crippen molar-refractivity contribution in [3.05, 3.63) is 71.4 Å². The number of halogens is 1. The van der Waals surface area contributed by atoms with Gasteiger partial charge < -0.3 is 9.64 Å². The van der Waals surface area contributed by atoms with E-state index >= 15 is 0 Å². The SMILES string of the molecule is Cc1ccccc1-c1cccnc1-c1ccc(Cl)c(OCCCCN(C)C)c1. The predicted octanol–water partition coefficient (Wildman–Crippen LogP) is 6.10. The fraction of sp³-hybridized carbons (Fsp3) is 0.292. The van der Waals surface area contributed by atoms with Crippen LogP contribution in [-0.2, 0) is 0 Å². The number of benzene rings is 2. The number of pyridine rings is 1. The molecule has 0 saturated heterocycles. The number of unbranched alkanes of at least 4 members (excludes halogenated alkanes) is 1. The molecular formula is C24H27ClN2O. The van der Waals surface area contributed by atoms with Crippen molar-refractivity contribution in [2.45, 2.75) is 19.8 Å². The van der Waals surface area contributed by atoms with E-state index in [1.807, 2.05) is 30.5 Å². The quantitative estimate of drug-likeness (QED) is 0.432. The molecule has 0 N–H and O–H groups in total. The molecule has 0 radical (unpaired) electrons. The van der Waals surface area contributed by atoms with Gasteiger partial charge in [0.2, 0.25) is 0 Å². The van der Waals surface area contributed by atoms with Crippen LogP contribution < -0.4 is 4.74 Å². The van der Waals surface area contributed by atoms with E-state index in [1.165, 1.54) is 11.1 Å². The molecule has 146 valence electrons. The molecule has 0 bridgehead atoms. The number of nitrogens with zero attached hydrogens (tertiary/aromatic N) is 2. The second kappa shape index (κ2) is 9.72. The zero-order valence-corrected chi connectivity index (χ0v) is 17.5. The van der Waals surface area contributed by atoms with Gasteiger partial charge in [-0.25, -0.2) is 0 Å². The molecule has 1 heterocycles. The Labute approximate surface area is 172 Å². The minimum Gasteiger partial charge on any atom is -0.492 e. The second-order valence-corrected chi connectivity index (χ2v) is 7.63. The Morgan fingerprint density at radius 3 is 2.54 bits per heavy atom. The number of aromatic nitrogens is 1. The van der Waals surface area contributed by atoms with Gasteiger partial charge >= 0.3 is 0 Å². The summed E-state index contributed by atoms with van der Waals surface area (Å²) in [5.41, 5.74) is 5.46. The molecule has 3 nitrogen and oxygen atoms in total. The Bertz CT molecular complexity index is 924. The molecule has 3 rings (SSSR count). The monoisotopic (exact) mass is 394 g/mol. The van der Waals surface area contributed by atoms with Crippen molar-refractivity contribution in [2.75, 3.05) is 27.2 Å². The maximum Gasteiger partial charge on any atom is 0.138 e. The molecule has 28 heavy (non-hydrogen) atoms. The van der Waals surface area contributed by atoms with Gasteiger partial charge in [0.15, 0.2) is 0 Å². The smallest absolute Gasteiger partial charge is 0.138 e. The maximum atomic E-state index is 6.38. The fourth-order valence-electron chi connectivity index (χ4n) is 3.20. The summed E-state index contributed by atoms with van der Waals surface area (Å²) in [7, 11) is 4.17. The molecule has 0 spiro atoms. The van der Waals surface area contributed by atoms with Crippen LogP contribution in [0.5, 0.6) is 5.75 Å². The lowest BCUT2D eigenvalue weighted by molar-refractivity contribution is 0.293. The maximum absolute atomic E-state index is 6.38. The van der Waals surface area contributed by atoms with Crippen molar-refractivity contribution in [1.82, 2.24) is 9.88 Å². The number of aryl methyl sites for hydroxylation is 1. The first-order valence-electron chi connectivity index (χ1n) is 9.64. The summed E-state index contributed by atoms with van der Waals surface area (Å²) in [5.74, 6) is 0.713. The van der Waals surface area contributed by atoms with Crippen LogP contribution in [0.4, 0.5) is 0 Å². The van der Waals surface area contributed by atoms with Crippen molar-refractivity contribution in [2.24, 2.45) is 0 Å². The van der Waals surface area contributed by atoms with Crippen LogP contribution >= 0.6 is 11.6 Å². The molecule has 0 saturated carbocycles. The molecule has 4 heteroatoms. The van der Waals surface area contributed by atoms with Crippen LogP contribution in [0.3, 0.4) is 0 Å². The van der Waals surface area contributed by atoms with Gasteiger partial charge in [-0.15, -0.1) is 0 Å². The summed E-state index contributed by atoms with van der Waals surface area (Å²) in [5, 5.41) is 0.629. The van der Waals surface area contributed by atoms with Crippen LogP contribution in [0, 0.1) is 6.92 Å². The molecule has 0 amide bonds. The van der Waals surface area contributed by atoms with E-state index in [-0.39, 0.29) is 0 Å². The van der Waals surface area contributed by atoms with Crippen molar-refractivity contribution >= 4 is 11.6 Å². The summed E-state index contributed by atoms with van der Waals surface area (Å²) in [6, 6.07) is 18.4. The molecule has 0 fully saturated rings. The number of hydrogen-bond acceptors (Lipinski definition) is 3. The summed E-state index contributed by atoms with van der Waals surface area (Å²) >= 11 is 6.38. The van der Waals surface area contributed by atoms with E-state index < -0.39 is 0 Å². The van der Waals surface area contributed by atoms with Gasteiger partial charge in [0.25, 0.3) is 0 Å². The third-order valence-corrected chi connectivity index (χ3v) is 5.02. The first-order chi connectivity index (χ1) is 13.6. The molecule has 1 aromatic heterocycles. The van der Waals surface area contributed by atoms with Crippen molar-refractivity contribution in [3.63, 3.8) is 0 Å². The van der Waals surface area contributed by atoms with Crippen molar-refractivity contribution < 1.29 is 4.74 Å². The predicted molar refractivity (Wildman–Crippen MR) is 118 cm³/mol. The molecule has 0 aliphatic rings. The number of rotatable bonds is 8. The van der Waals surface area contributed by atoms with Crippen molar-refractivity contribution in [3.8, 4) is 28.1 Å². The minimum atomic E-state index is 0.629. The van der Waals surface area contributed by atoms with Crippen LogP contribution in [0.2, 0.25) is 5.02 Å². The summed E-state index contributed by atoms with van der Waals surface area (Å²) in [4.78, 5) is 6.84. The molecule has 2 aromatic carbocycles. The second-order valence-electron chi connectivity index (χ2n) is 7.22. The van der Waals surface area contributed by atoms with Gasteiger partial charge in [0.05, 0.1) is 17.3 Å².